The maximum absolute atomic E-state index is 14.5. The SMILES string of the molecule is COCCOCCOCC(=O)N(CCCN(CCN1C(=O)c2cccc3c(-n4ccnc4)ccc(c23)C1=O)C(=O)OCc1ccc(NC(=O)[C@H](CCCNC(N)=O)NC(=O)[C@@H](NC(=O)CCCCCN2C(=O)C=CC2=O)C(C)C)cc1)CCN1C(=O)c2cccc3c(-n4ccnc4)ccc(c23)C1=O. The number of imide groups is 3. The van der Waals surface area contributed by atoms with Crippen molar-refractivity contribution in [2.45, 2.75) is 77.5 Å². The summed E-state index contributed by atoms with van der Waals surface area (Å²) in [5, 5.41) is 13.1. The quantitative estimate of drug-likeness (QED) is 0.0242. The first kappa shape index (κ1) is 74.2. The molecule has 0 saturated heterocycles. The largest absolute Gasteiger partial charge is 0.445 e. The maximum atomic E-state index is 14.5. The number of carbonyl (C=O) groups excluding carboxylic acids is 12. The van der Waals surface area contributed by atoms with E-state index in [1.54, 1.807) is 140 Å². The van der Waals surface area contributed by atoms with Crippen molar-refractivity contribution in [3.63, 3.8) is 0 Å². The number of hydrogen-bond donors (Lipinski definition) is 5. The molecule has 5 aromatic carbocycles. The normalized spacial score (nSPS) is 13.8. The molecule has 0 unspecified atom stereocenters. The Hall–Kier alpha value is -11.5. The number of carbonyl (C=O) groups is 12. The van der Waals surface area contributed by atoms with Gasteiger partial charge in [-0.2, -0.15) is 0 Å². The molecule has 0 aliphatic carbocycles. The minimum Gasteiger partial charge on any atom is -0.445 e. The third-order valence-electron chi connectivity index (χ3n) is 17.8. The number of ether oxygens (including phenoxy) is 4. The number of anilines is 1. The van der Waals surface area contributed by atoms with Crippen molar-refractivity contribution in [2.75, 3.05) is 97.8 Å². The molecule has 103 heavy (non-hydrogen) atoms. The standard InChI is InChI=1S/C73H82N14O16/c1-47(2)65(80-59(88)16-5-4-6-32-85-60(89)25-26-61(85)90)67(93)79-56(15-9-27-77-72(74)98)66(92)78-49-19-17-48(18-20-49)43-103-73(99)82(36-38-87-69(95)53-14-8-12-51-58(84-34-29-76-46-84)24-22-55(64(51)53)71(87)97)31-10-30-81(62(91)44-102-42-41-101-40-39-100-3)35-37-86-68(94)52-13-7-11-50-57(83-33-28-75-45-83)23-21-54(63(50)52)70(86)96/h7-8,11-14,17-26,28-29,33-34,45-47,56,65H,4-6,9-10,15-16,27,30-32,35-44H2,1-3H3,(H,78,92)(H,79,93)(H,80,88)(H3,74,77,98)/t56-,65-/m0/s1. The Morgan fingerprint density at radius 1 is 0.573 bits per heavy atom. The second kappa shape index (κ2) is 35.2. The van der Waals surface area contributed by atoms with Crippen molar-refractivity contribution in [3.05, 3.63) is 162 Å². The number of rotatable bonds is 38. The highest BCUT2D eigenvalue weighted by Gasteiger charge is 2.37. The zero-order valence-electron chi connectivity index (χ0n) is 57.4. The van der Waals surface area contributed by atoms with E-state index in [0.29, 0.717) is 82.1 Å². The predicted octanol–water partition coefficient (Wildman–Crippen LogP) is 5.29. The second-order valence-corrected chi connectivity index (χ2v) is 25.1. The van der Waals surface area contributed by atoms with Gasteiger partial charge in [-0.05, 0) is 92.1 Å². The Morgan fingerprint density at radius 3 is 1.70 bits per heavy atom. The van der Waals surface area contributed by atoms with E-state index in [9.17, 15) is 57.5 Å². The molecule has 13 amide bonds. The first-order valence-corrected chi connectivity index (χ1v) is 34.0. The van der Waals surface area contributed by atoms with Gasteiger partial charge in [0, 0.05) is 152 Å². The van der Waals surface area contributed by atoms with E-state index in [1.165, 1.54) is 22.0 Å². The lowest BCUT2D eigenvalue weighted by molar-refractivity contribution is -0.138. The molecule has 6 N–H and O–H groups in total. The smallest absolute Gasteiger partial charge is 0.410 e. The van der Waals surface area contributed by atoms with Crippen LogP contribution in [0.2, 0.25) is 0 Å². The van der Waals surface area contributed by atoms with Crippen LogP contribution in [0, 0.1) is 5.92 Å². The van der Waals surface area contributed by atoms with E-state index in [4.69, 9.17) is 24.7 Å². The van der Waals surface area contributed by atoms with Crippen LogP contribution in [-0.2, 0) is 54.3 Å². The molecule has 0 radical (unpaired) electrons. The van der Waals surface area contributed by atoms with Crippen LogP contribution in [0.4, 0.5) is 15.3 Å². The Labute approximate surface area is 592 Å². The van der Waals surface area contributed by atoms with Crippen LogP contribution < -0.4 is 27.0 Å². The Balaban J connectivity index is 0.817. The van der Waals surface area contributed by atoms with E-state index in [1.807, 2.05) is 12.1 Å². The summed E-state index contributed by atoms with van der Waals surface area (Å²) in [7, 11) is 1.54. The zero-order chi connectivity index (χ0) is 73.1. The van der Waals surface area contributed by atoms with Crippen LogP contribution in [0.1, 0.15) is 106 Å². The topological polar surface area (TPSA) is 368 Å². The molecule has 540 valence electrons. The van der Waals surface area contributed by atoms with Crippen LogP contribution >= 0.6 is 0 Å². The fourth-order valence-electron chi connectivity index (χ4n) is 12.4. The average molecular weight is 1410 g/mol. The zero-order valence-corrected chi connectivity index (χ0v) is 57.4. The summed E-state index contributed by atoms with van der Waals surface area (Å²) >= 11 is 0. The number of amides is 13. The third kappa shape index (κ3) is 18.4. The highest BCUT2D eigenvalue weighted by atomic mass is 16.6. The number of nitrogens with one attached hydrogen (secondary N) is 4. The number of hydrogen-bond acceptors (Lipinski definition) is 18. The molecule has 30 nitrogen and oxygen atoms in total. The van der Waals surface area contributed by atoms with Gasteiger partial charge >= 0.3 is 12.1 Å². The molecule has 7 aromatic rings. The number of primary amides is 1. The number of unbranched alkanes of at least 4 members (excludes halogenated alkanes) is 2. The van der Waals surface area contributed by atoms with Gasteiger partial charge < -0.3 is 64.9 Å². The van der Waals surface area contributed by atoms with Crippen LogP contribution in [0.3, 0.4) is 0 Å². The van der Waals surface area contributed by atoms with Gasteiger partial charge in [-0.1, -0.05) is 56.7 Å². The Bertz CT molecular complexity index is 4270. The van der Waals surface area contributed by atoms with Gasteiger partial charge in [0.25, 0.3) is 35.4 Å². The van der Waals surface area contributed by atoms with E-state index in [-0.39, 0.29) is 121 Å². The number of urea groups is 1. The van der Waals surface area contributed by atoms with Gasteiger partial charge in [0.2, 0.25) is 23.6 Å². The fourth-order valence-corrected chi connectivity index (χ4v) is 12.4. The Kier molecular flexibility index (Phi) is 25.4. The summed E-state index contributed by atoms with van der Waals surface area (Å²) in [5.74, 6) is -5.61. The molecular formula is C73H82N14O16. The summed E-state index contributed by atoms with van der Waals surface area (Å²) in [6.07, 6.45) is 13.4. The molecule has 0 spiro atoms. The van der Waals surface area contributed by atoms with Crippen molar-refractivity contribution in [1.82, 2.24) is 59.6 Å². The summed E-state index contributed by atoms with van der Waals surface area (Å²) in [6, 6.07) is 20.6. The van der Waals surface area contributed by atoms with Crippen molar-refractivity contribution in [3.8, 4) is 11.4 Å². The van der Waals surface area contributed by atoms with Gasteiger partial charge in [0.05, 0.1) is 50.5 Å². The average Bonchev–Trinajstić information content (AvgIpc) is 1.49. The molecule has 0 saturated carbocycles. The van der Waals surface area contributed by atoms with E-state index in [2.05, 4.69) is 31.2 Å². The van der Waals surface area contributed by atoms with Crippen LogP contribution in [-0.4, -0.2) is 219 Å². The summed E-state index contributed by atoms with van der Waals surface area (Å²) in [6.45, 7) is 3.01. The van der Waals surface area contributed by atoms with Gasteiger partial charge in [0.1, 0.15) is 25.3 Å². The van der Waals surface area contributed by atoms with Crippen LogP contribution in [0.5, 0.6) is 0 Å². The lowest BCUT2D eigenvalue weighted by atomic mass is 9.93. The number of imidazole rings is 2. The van der Waals surface area contributed by atoms with Crippen molar-refractivity contribution in [2.24, 2.45) is 11.7 Å². The second-order valence-electron chi connectivity index (χ2n) is 25.1. The summed E-state index contributed by atoms with van der Waals surface area (Å²) in [5.41, 5.74) is 8.63. The van der Waals surface area contributed by atoms with Crippen LogP contribution in [0.25, 0.3) is 32.9 Å². The molecule has 5 heterocycles. The van der Waals surface area contributed by atoms with Gasteiger partial charge in [-0.3, -0.25) is 62.6 Å². The minimum atomic E-state index is -1.16. The van der Waals surface area contributed by atoms with Crippen molar-refractivity contribution >= 4 is 98.4 Å². The maximum Gasteiger partial charge on any atom is 0.410 e. The predicted molar refractivity (Wildman–Crippen MR) is 374 cm³/mol. The number of methoxy groups -OCH3 is 1. The highest BCUT2D eigenvalue weighted by molar-refractivity contribution is 6.27. The molecule has 30 heteroatoms. The van der Waals surface area contributed by atoms with E-state index in [0.717, 1.165) is 20.4 Å². The lowest BCUT2D eigenvalue weighted by Gasteiger charge is -2.32. The van der Waals surface area contributed by atoms with E-state index >= 15 is 0 Å². The Morgan fingerprint density at radius 2 is 1.14 bits per heavy atom. The number of aromatic nitrogens is 4. The monoisotopic (exact) mass is 1410 g/mol. The van der Waals surface area contributed by atoms with Crippen LogP contribution in [0.15, 0.2) is 135 Å². The summed E-state index contributed by atoms with van der Waals surface area (Å²) < 4.78 is 25.8. The fraction of sp³-hybridized carbons (Fsp3) is 0.370. The first-order valence-electron chi connectivity index (χ1n) is 34.0. The van der Waals surface area contributed by atoms with Gasteiger partial charge in [-0.25, -0.2) is 19.6 Å². The molecular weight excluding hydrogens is 1330 g/mol. The molecule has 3 aliphatic heterocycles. The minimum absolute atomic E-state index is 0.0316. The number of nitrogens with two attached hydrogens (primary N) is 1. The first-order chi connectivity index (χ1) is 49.8. The highest BCUT2D eigenvalue weighted by Crippen LogP contribution is 2.36. The molecule has 2 atom stereocenters. The lowest BCUT2D eigenvalue weighted by Crippen LogP contribution is -2.54. The third-order valence-corrected chi connectivity index (χ3v) is 17.8. The molecule has 3 aliphatic rings. The number of benzene rings is 5. The van der Waals surface area contributed by atoms with E-state index < -0.39 is 84.0 Å². The van der Waals surface area contributed by atoms with Crippen molar-refractivity contribution in [1.29, 1.82) is 0 Å². The van der Waals surface area contributed by atoms with Gasteiger partial charge in [-0.15, -0.1) is 0 Å². The van der Waals surface area contributed by atoms with Gasteiger partial charge in [0.15, 0.2) is 0 Å². The molecule has 10 rings (SSSR count). The molecule has 2 aromatic heterocycles. The van der Waals surface area contributed by atoms with Crippen molar-refractivity contribution < 1.29 is 76.5 Å². The molecule has 0 fully saturated rings. The molecule has 0 bridgehead atoms. The summed E-state index contributed by atoms with van der Waals surface area (Å²) in [4.78, 5) is 177. The number of nitrogens with zero attached hydrogens (tertiary/aromatic N) is 9.